The summed E-state index contributed by atoms with van der Waals surface area (Å²) in [4.78, 5) is 11.5. The number of ketones is 1. The van der Waals surface area contributed by atoms with Crippen LogP contribution in [0.2, 0.25) is 0 Å². The van der Waals surface area contributed by atoms with Crippen molar-refractivity contribution in [3.05, 3.63) is 12.7 Å². The van der Waals surface area contributed by atoms with E-state index >= 15 is 0 Å². The van der Waals surface area contributed by atoms with Gasteiger partial charge in [-0.3, -0.25) is 4.79 Å². The molecular formula is C11H18O2. The van der Waals surface area contributed by atoms with Gasteiger partial charge in [-0.25, -0.2) is 0 Å². The van der Waals surface area contributed by atoms with Gasteiger partial charge in [-0.15, -0.1) is 6.58 Å². The maximum atomic E-state index is 11.5. The molecule has 1 atom stereocenters. The van der Waals surface area contributed by atoms with Gasteiger partial charge in [0.1, 0.15) is 5.78 Å². The molecule has 0 amide bonds. The van der Waals surface area contributed by atoms with Crippen LogP contribution in [0.25, 0.3) is 0 Å². The predicted octanol–water partition coefficient (Wildman–Crippen LogP) is 2.34. The van der Waals surface area contributed by atoms with Crippen molar-refractivity contribution in [1.29, 1.82) is 0 Å². The fourth-order valence-corrected chi connectivity index (χ4v) is 1.70. The van der Waals surface area contributed by atoms with Gasteiger partial charge >= 0.3 is 0 Å². The number of carbonyl (C=O) groups is 1. The zero-order valence-corrected chi connectivity index (χ0v) is 8.13. The van der Waals surface area contributed by atoms with Crippen LogP contribution >= 0.6 is 0 Å². The molecule has 0 aromatic heterocycles. The first-order valence-electron chi connectivity index (χ1n) is 5.06. The summed E-state index contributed by atoms with van der Waals surface area (Å²) in [5, 5.41) is 0. The summed E-state index contributed by atoms with van der Waals surface area (Å²) in [5.41, 5.74) is 0. The first-order chi connectivity index (χ1) is 6.34. The summed E-state index contributed by atoms with van der Waals surface area (Å²) >= 11 is 0. The summed E-state index contributed by atoms with van der Waals surface area (Å²) in [6.45, 7) is 4.72. The quantitative estimate of drug-likeness (QED) is 0.379. The van der Waals surface area contributed by atoms with Crippen molar-refractivity contribution in [1.82, 2.24) is 0 Å². The van der Waals surface area contributed by atoms with E-state index in [1.54, 1.807) is 6.08 Å². The van der Waals surface area contributed by atoms with Crippen LogP contribution < -0.4 is 0 Å². The third kappa shape index (κ3) is 3.73. The van der Waals surface area contributed by atoms with Gasteiger partial charge in [-0.2, -0.15) is 0 Å². The largest absolute Gasteiger partial charge is 0.377 e. The Morgan fingerprint density at radius 2 is 2.31 bits per heavy atom. The molecule has 0 aromatic rings. The molecule has 2 heteroatoms. The maximum absolute atomic E-state index is 11.5. The second kappa shape index (κ2) is 5.92. The van der Waals surface area contributed by atoms with Gasteiger partial charge in [0, 0.05) is 12.3 Å². The van der Waals surface area contributed by atoms with Crippen LogP contribution in [0, 0.1) is 5.92 Å². The predicted molar refractivity (Wildman–Crippen MR) is 52.6 cm³/mol. The lowest BCUT2D eigenvalue weighted by molar-refractivity contribution is -0.124. The van der Waals surface area contributed by atoms with E-state index in [-0.39, 0.29) is 5.92 Å². The van der Waals surface area contributed by atoms with Crippen LogP contribution in [0.5, 0.6) is 0 Å². The van der Waals surface area contributed by atoms with Crippen molar-refractivity contribution in [3.8, 4) is 0 Å². The van der Waals surface area contributed by atoms with Crippen LogP contribution in [0.3, 0.4) is 0 Å². The third-order valence-corrected chi connectivity index (χ3v) is 2.49. The lowest BCUT2D eigenvalue weighted by Gasteiger charge is -2.11. The van der Waals surface area contributed by atoms with Crippen LogP contribution in [0.1, 0.15) is 32.1 Å². The number of rotatable bonds is 4. The molecule has 0 bridgehead atoms. The second-order valence-electron chi connectivity index (χ2n) is 3.59. The minimum atomic E-state index is 0.155. The third-order valence-electron chi connectivity index (χ3n) is 2.49. The summed E-state index contributed by atoms with van der Waals surface area (Å²) in [6, 6.07) is 0. The van der Waals surface area contributed by atoms with E-state index in [0.717, 1.165) is 19.3 Å². The SMILES string of the molecule is C=CCOCC1CCCCCC1=O. The average Bonchev–Trinajstić information content (AvgIpc) is 2.32. The van der Waals surface area contributed by atoms with Gasteiger partial charge in [-0.05, 0) is 12.8 Å². The molecule has 0 radical (unpaired) electrons. The summed E-state index contributed by atoms with van der Waals surface area (Å²) in [7, 11) is 0. The van der Waals surface area contributed by atoms with Crippen LogP contribution in [0.15, 0.2) is 12.7 Å². The van der Waals surface area contributed by atoms with E-state index in [9.17, 15) is 4.79 Å². The fraction of sp³-hybridized carbons (Fsp3) is 0.727. The highest BCUT2D eigenvalue weighted by Crippen LogP contribution is 2.20. The molecule has 1 aliphatic rings. The van der Waals surface area contributed by atoms with E-state index in [1.807, 2.05) is 0 Å². The molecule has 2 nitrogen and oxygen atoms in total. The Kier molecular flexibility index (Phi) is 4.76. The lowest BCUT2D eigenvalue weighted by Crippen LogP contribution is -2.18. The topological polar surface area (TPSA) is 26.3 Å². The molecule has 1 aliphatic carbocycles. The van der Waals surface area contributed by atoms with Crippen LogP contribution in [-0.2, 0) is 9.53 Å². The fourth-order valence-electron chi connectivity index (χ4n) is 1.70. The van der Waals surface area contributed by atoms with Gasteiger partial charge in [0.2, 0.25) is 0 Å². The van der Waals surface area contributed by atoms with E-state index in [2.05, 4.69) is 6.58 Å². The second-order valence-corrected chi connectivity index (χ2v) is 3.59. The number of hydrogen-bond donors (Lipinski definition) is 0. The van der Waals surface area contributed by atoms with Gasteiger partial charge < -0.3 is 4.74 Å². The Morgan fingerprint density at radius 3 is 3.08 bits per heavy atom. The number of ether oxygens (including phenoxy) is 1. The smallest absolute Gasteiger partial charge is 0.138 e. The molecule has 13 heavy (non-hydrogen) atoms. The Hall–Kier alpha value is -0.630. The highest BCUT2D eigenvalue weighted by atomic mass is 16.5. The van der Waals surface area contributed by atoms with E-state index in [0.29, 0.717) is 19.0 Å². The minimum absolute atomic E-state index is 0.155. The summed E-state index contributed by atoms with van der Waals surface area (Å²) in [6.07, 6.45) is 6.92. The van der Waals surface area contributed by atoms with Crippen molar-refractivity contribution >= 4 is 5.78 Å². The molecular weight excluding hydrogens is 164 g/mol. The Balaban J connectivity index is 2.27. The molecule has 74 valence electrons. The molecule has 1 unspecified atom stereocenters. The molecule has 0 heterocycles. The minimum Gasteiger partial charge on any atom is -0.377 e. The molecule has 1 fully saturated rings. The van der Waals surface area contributed by atoms with Crippen molar-refractivity contribution < 1.29 is 9.53 Å². The molecule has 0 saturated heterocycles. The molecule has 0 aromatic carbocycles. The Bertz CT molecular complexity index is 175. The van der Waals surface area contributed by atoms with Crippen molar-refractivity contribution in [3.63, 3.8) is 0 Å². The van der Waals surface area contributed by atoms with Gasteiger partial charge in [0.05, 0.1) is 13.2 Å². The average molecular weight is 182 g/mol. The molecule has 0 spiro atoms. The Morgan fingerprint density at radius 1 is 1.46 bits per heavy atom. The lowest BCUT2D eigenvalue weighted by atomic mass is 10.0. The first kappa shape index (κ1) is 10.5. The summed E-state index contributed by atoms with van der Waals surface area (Å²) < 4.78 is 5.31. The van der Waals surface area contributed by atoms with E-state index in [4.69, 9.17) is 4.74 Å². The monoisotopic (exact) mass is 182 g/mol. The normalized spacial score (nSPS) is 24.0. The van der Waals surface area contributed by atoms with E-state index in [1.165, 1.54) is 12.8 Å². The van der Waals surface area contributed by atoms with Crippen LogP contribution in [0.4, 0.5) is 0 Å². The number of Topliss-reactive ketones (excluding diaryl/α,β-unsaturated/α-hetero) is 1. The van der Waals surface area contributed by atoms with Crippen molar-refractivity contribution in [2.45, 2.75) is 32.1 Å². The highest BCUT2D eigenvalue weighted by molar-refractivity contribution is 5.81. The zero-order valence-electron chi connectivity index (χ0n) is 8.13. The van der Waals surface area contributed by atoms with Crippen LogP contribution in [-0.4, -0.2) is 19.0 Å². The molecule has 0 aliphatic heterocycles. The van der Waals surface area contributed by atoms with Gasteiger partial charge in [0.25, 0.3) is 0 Å². The van der Waals surface area contributed by atoms with Gasteiger partial charge in [0.15, 0.2) is 0 Å². The first-order valence-corrected chi connectivity index (χ1v) is 5.06. The Labute approximate surface area is 80.0 Å². The van der Waals surface area contributed by atoms with Crippen molar-refractivity contribution in [2.24, 2.45) is 5.92 Å². The molecule has 1 rings (SSSR count). The number of carbonyl (C=O) groups excluding carboxylic acids is 1. The molecule has 1 saturated carbocycles. The summed E-state index contributed by atoms with van der Waals surface area (Å²) in [5.74, 6) is 0.545. The standard InChI is InChI=1S/C11H18O2/c1-2-8-13-9-10-6-4-3-5-7-11(10)12/h2,10H,1,3-9H2. The highest BCUT2D eigenvalue weighted by Gasteiger charge is 2.20. The number of hydrogen-bond acceptors (Lipinski definition) is 2. The zero-order chi connectivity index (χ0) is 9.52. The van der Waals surface area contributed by atoms with Crippen molar-refractivity contribution in [2.75, 3.05) is 13.2 Å². The van der Waals surface area contributed by atoms with Gasteiger partial charge in [-0.1, -0.05) is 18.9 Å². The van der Waals surface area contributed by atoms with E-state index < -0.39 is 0 Å². The maximum Gasteiger partial charge on any atom is 0.138 e. The molecule has 0 N–H and O–H groups in total.